The summed E-state index contributed by atoms with van der Waals surface area (Å²) in [7, 11) is -4.41. The quantitative estimate of drug-likeness (QED) is 0.0264. The van der Waals surface area contributed by atoms with Crippen LogP contribution in [-0.4, -0.2) is 49.3 Å². The van der Waals surface area contributed by atoms with Crippen molar-refractivity contribution in [2.75, 3.05) is 26.4 Å². The van der Waals surface area contributed by atoms with Crippen molar-refractivity contribution in [2.45, 2.75) is 315 Å². The monoisotopic (exact) mass is 1310 g/mol. The van der Waals surface area contributed by atoms with E-state index in [9.17, 15) is 19.0 Å². The van der Waals surface area contributed by atoms with Crippen molar-refractivity contribution >= 4 is 19.8 Å². The molecule has 528 valence electrons. The van der Waals surface area contributed by atoms with Gasteiger partial charge in [0.15, 0.2) is 6.10 Å². The van der Waals surface area contributed by atoms with Crippen LogP contribution in [0.2, 0.25) is 0 Å². The van der Waals surface area contributed by atoms with Crippen LogP contribution in [0.3, 0.4) is 0 Å². The van der Waals surface area contributed by atoms with Crippen molar-refractivity contribution in [1.82, 2.24) is 0 Å². The predicted molar refractivity (Wildman–Crippen MR) is 403 cm³/mol. The van der Waals surface area contributed by atoms with Crippen LogP contribution in [0.4, 0.5) is 0 Å². The highest BCUT2D eigenvalue weighted by Gasteiger charge is 2.26. The first-order chi connectivity index (χ1) is 45.8. The zero-order chi connectivity index (χ0) is 67.2. The minimum atomic E-state index is -4.41. The molecule has 0 bridgehead atoms. The molecule has 0 heterocycles. The molecule has 0 aliphatic heterocycles. The number of allylic oxidation sites excluding steroid dienone is 28. The van der Waals surface area contributed by atoms with Crippen LogP contribution in [0.15, 0.2) is 170 Å². The molecule has 0 saturated heterocycles. The van der Waals surface area contributed by atoms with Gasteiger partial charge in [-0.2, -0.15) is 0 Å². The zero-order valence-electron chi connectivity index (χ0n) is 59.4. The summed E-state index contributed by atoms with van der Waals surface area (Å²) in [5, 5.41) is 0. The molecule has 0 spiro atoms. The van der Waals surface area contributed by atoms with Crippen LogP contribution in [0.1, 0.15) is 309 Å². The predicted octanol–water partition coefficient (Wildman–Crippen LogP) is 25.3. The van der Waals surface area contributed by atoms with Crippen LogP contribution < -0.4 is 5.73 Å². The average molecular weight is 1310 g/mol. The van der Waals surface area contributed by atoms with Crippen molar-refractivity contribution in [2.24, 2.45) is 5.73 Å². The maximum atomic E-state index is 12.8. The van der Waals surface area contributed by atoms with Gasteiger partial charge in [0.2, 0.25) is 0 Å². The summed E-state index contributed by atoms with van der Waals surface area (Å²) in [5.41, 5.74) is 5.40. The van der Waals surface area contributed by atoms with E-state index in [2.05, 4.69) is 184 Å². The van der Waals surface area contributed by atoms with Gasteiger partial charge in [0.1, 0.15) is 6.61 Å². The van der Waals surface area contributed by atoms with E-state index < -0.39 is 26.5 Å². The van der Waals surface area contributed by atoms with Gasteiger partial charge in [-0.05, 0) is 135 Å². The number of unbranched alkanes of at least 4 members (excludes halogenated alkanes) is 28. The van der Waals surface area contributed by atoms with E-state index in [1.807, 2.05) is 0 Å². The van der Waals surface area contributed by atoms with Gasteiger partial charge in [0.25, 0.3) is 0 Å². The Balaban J connectivity index is 3.98. The molecule has 0 aromatic rings. The first-order valence-electron chi connectivity index (χ1n) is 37.6. The highest BCUT2D eigenvalue weighted by molar-refractivity contribution is 7.47. The minimum absolute atomic E-state index is 0.0416. The number of hydrogen-bond acceptors (Lipinski definition) is 8. The van der Waals surface area contributed by atoms with Gasteiger partial charge in [-0.1, -0.05) is 332 Å². The zero-order valence-corrected chi connectivity index (χ0v) is 60.3. The topological polar surface area (TPSA) is 134 Å². The first kappa shape index (κ1) is 88.4. The fourth-order valence-corrected chi connectivity index (χ4v) is 10.8. The molecule has 93 heavy (non-hydrogen) atoms. The van der Waals surface area contributed by atoms with Crippen molar-refractivity contribution in [3.8, 4) is 0 Å². The second-order valence-corrected chi connectivity index (χ2v) is 25.9. The summed E-state index contributed by atoms with van der Waals surface area (Å²) in [4.78, 5) is 35.4. The molecule has 0 radical (unpaired) electrons. The van der Waals surface area contributed by atoms with Crippen molar-refractivity contribution in [3.05, 3.63) is 170 Å². The summed E-state index contributed by atoms with van der Waals surface area (Å²) in [6, 6.07) is 0. The standard InChI is InChI=1S/C83H138NO8P/c1-3-5-7-9-11-13-15-17-19-21-23-25-27-29-31-33-35-36-37-38-39-40-41-42-43-44-46-48-50-52-54-56-58-60-62-64-66-68-70-72-74-76-83(86)92-81(80-91-93(87,88)90-78-77-84)79-89-82(85)75-73-71-69-67-65-63-61-59-57-55-53-51-49-47-45-34-32-30-28-26-24-22-20-18-16-14-12-10-8-6-4-2/h5,7,11,13,16-19,22-25,29,31,35-36,38-39,41-42,44,46,50,52,56,58,62,64,81H,3-4,6,8-10,12,14-15,20-21,26-28,30,32-34,37,40,43,45,47-49,51,53-55,57,59-61,63,65-80,84H2,1-2H3,(H,87,88)/b7-5-,13-11-,18-16-,19-17-,24-22-,25-23-,31-29-,36-35-,39-38-,42-41-,46-44-,52-50-,58-56-,64-62-. The number of carbonyl (C=O) groups is 2. The molecule has 0 rings (SSSR count). The van der Waals surface area contributed by atoms with Gasteiger partial charge in [0, 0.05) is 19.4 Å². The third-order valence-electron chi connectivity index (χ3n) is 15.6. The van der Waals surface area contributed by atoms with Crippen LogP contribution in [-0.2, 0) is 32.7 Å². The van der Waals surface area contributed by atoms with Gasteiger partial charge in [0.05, 0.1) is 13.2 Å². The summed E-state index contributed by atoms with van der Waals surface area (Å²) < 4.78 is 33.2. The molecule has 2 atom stereocenters. The van der Waals surface area contributed by atoms with Crippen LogP contribution in [0.25, 0.3) is 0 Å². The number of hydrogen-bond donors (Lipinski definition) is 2. The Hall–Kier alpha value is -4.63. The second-order valence-electron chi connectivity index (χ2n) is 24.4. The normalized spacial score (nSPS) is 13.9. The Morgan fingerprint density at radius 1 is 0.333 bits per heavy atom. The number of nitrogens with two attached hydrogens (primary N) is 1. The Bertz CT molecular complexity index is 2140. The van der Waals surface area contributed by atoms with E-state index in [1.54, 1.807) is 0 Å². The Kier molecular flexibility index (Phi) is 72.6. The summed E-state index contributed by atoms with van der Waals surface area (Å²) >= 11 is 0. The van der Waals surface area contributed by atoms with Gasteiger partial charge >= 0.3 is 19.8 Å². The lowest BCUT2D eigenvalue weighted by Gasteiger charge is -2.19. The van der Waals surface area contributed by atoms with E-state index in [1.165, 1.54) is 148 Å². The number of phosphoric ester groups is 1. The van der Waals surface area contributed by atoms with Gasteiger partial charge < -0.3 is 20.1 Å². The molecule has 0 aliphatic carbocycles. The lowest BCUT2D eigenvalue weighted by Crippen LogP contribution is -2.29. The Labute approximate surface area is 571 Å². The highest BCUT2D eigenvalue weighted by atomic mass is 31.2. The Morgan fingerprint density at radius 2 is 0.591 bits per heavy atom. The van der Waals surface area contributed by atoms with Crippen molar-refractivity contribution < 1.29 is 37.6 Å². The number of ether oxygens (including phenoxy) is 2. The SMILES string of the molecule is CC/C=C\C/C=C\C/C=C\C/C=C\C/C=C\C/C=C\C/C=C\C/C=C\C/C=C\C/C=C\C/C=C\C/C=C\CCCCCCC(=O)OC(COC(=O)CCCCCCCCCCCCCCCCCCCCC/C=C\C/C=C\CCCCCCC)COP(=O)(O)OCCN. The highest BCUT2D eigenvalue weighted by Crippen LogP contribution is 2.43. The molecule has 10 heteroatoms. The lowest BCUT2D eigenvalue weighted by molar-refractivity contribution is -0.161. The van der Waals surface area contributed by atoms with Crippen molar-refractivity contribution in [1.29, 1.82) is 0 Å². The third kappa shape index (κ3) is 76.3. The molecule has 0 aliphatic rings. The average Bonchev–Trinajstić information content (AvgIpc) is 3.49. The molecular weight excluding hydrogens is 1170 g/mol. The number of phosphoric acid groups is 1. The maximum Gasteiger partial charge on any atom is 0.472 e. The molecule has 0 amide bonds. The summed E-state index contributed by atoms with van der Waals surface area (Å²) in [5.74, 6) is -0.859. The van der Waals surface area contributed by atoms with E-state index in [4.69, 9.17) is 24.3 Å². The smallest absolute Gasteiger partial charge is 0.462 e. The minimum Gasteiger partial charge on any atom is -0.462 e. The second kappa shape index (κ2) is 76.4. The Morgan fingerprint density at radius 3 is 0.882 bits per heavy atom. The third-order valence-corrected chi connectivity index (χ3v) is 16.6. The van der Waals surface area contributed by atoms with E-state index >= 15 is 0 Å². The van der Waals surface area contributed by atoms with E-state index in [-0.39, 0.29) is 38.6 Å². The fourth-order valence-electron chi connectivity index (χ4n) is 10.1. The molecule has 3 N–H and O–H groups in total. The molecular formula is C83H138NO8P. The van der Waals surface area contributed by atoms with E-state index in [0.717, 1.165) is 128 Å². The molecule has 9 nitrogen and oxygen atoms in total. The van der Waals surface area contributed by atoms with Crippen LogP contribution >= 0.6 is 7.82 Å². The maximum absolute atomic E-state index is 12.8. The largest absolute Gasteiger partial charge is 0.472 e. The molecule has 0 aromatic carbocycles. The molecule has 0 saturated carbocycles. The number of esters is 2. The van der Waals surface area contributed by atoms with Crippen LogP contribution in [0.5, 0.6) is 0 Å². The van der Waals surface area contributed by atoms with Crippen LogP contribution in [0, 0.1) is 0 Å². The number of carbonyl (C=O) groups excluding carboxylic acids is 2. The van der Waals surface area contributed by atoms with E-state index in [0.29, 0.717) is 6.42 Å². The molecule has 0 aromatic heterocycles. The lowest BCUT2D eigenvalue weighted by atomic mass is 10.0. The van der Waals surface area contributed by atoms with Gasteiger partial charge in [-0.3, -0.25) is 18.6 Å². The fraction of sp³-hybridized carbons (Fsp3) is 0.639. The van der Waals surface area contributed by atoms with Gasteiger partial charge in [-0.25, -0.2) is 4.57 Å². The summed E-state index contributed by atoms with van der Waals surface area (Å²) in [6.07, 6.45) is 113. The van der Waals surface area contributed by atoms with Gasteiger partial charge in [-0.15, -0.1) is 0 Å². The molecule has 2 unspecified atom stereocenters. The first-order valence-corrected chi connectivity index (χ1v) is 39.1. The summed E-state index contributed by atoms with van der Waals surface area (Å²) in [6.45, 7) is 3.60. The number of rotatable bonds is 69. The van der Waals surface area contributed by atoms with Crippen molar-refractivity contribution in [3.63, 3.8) is 0 Å². The molecule has 0 fully saturated rings.